The Bertz CT molecular complexity index is 739. The molecule has 0 saturated heterocycles. The second-order valence-electron chi connectivity index (χ2n) is 5.83. The molecule has 2 heteroatoms. The Morgan fingerprint density at radius 1 is 1.05 bits per heavy atom. The summed E-state index contributed by atoms with van der Waals surface area (Å²) in [5.41, 5.74) is 3.48. The molecule has 1 N–H and O–H groups in total. The number of benzene rings is 2. The van der Waals surface area contributed by atoms with Gasteiger partial charge >= 0.3 is 0 Å². The molecule has 2 aromatic carbocycles. The van der Waals surface area contributed by atoms with Crippen LogP contribution in [0.3, 0.4) is 0 Å². The standard InChI is InChI=1S/C19H18O2/c20-19(18-12-14-7-2-4-11-17(14)21-18)16-10-5-8-13-6-1-3-9-15(13)16/h1-4,6-7,9,11-12,16,19-20H,5,8,10H2. The number of aliphatic hydroxyl groups is 1. The van der Waals surface area contributed by atoms with Crippen molar-refractivity contribution in [2.45, 2.75) is 31.3 Å². The van der Waals surface area contributed by atoms with Gasteiger partial charge in [-0.2, -0.15) is 0 Å². The molecule has 2 nitrogen and oxygen atoms in total. The predicted molar refractivity (Wildman–Crippen MR) is 83.3 cm³/mol. The first-order valence-electron chi connectivity index (χ1n) is 7.57. The number of furan rings is 1. The van der Waals surface area contributed by atoms with Gasteiger partial charge in [-0.15, -0.1) is 0 Å². The molecule has 2 atom stereocenters. The molecule has 1 aromatic heterocycles. The van der Waals surface area contributed by atoms with E-state index in [1.807, 2.05) is 30.3 Å². The summed E-state index contributed by atoms with van der Waals surface area (Å²) in [6, 6.07) is 18.3. The number of hydrogen-bond donors (Lipinski definition) is 1. The van der Waals surface area contributed by atoms with Gasteiger partial charge in [0.2, 0.25) is 0 Å². The van der Waals surface area contributed by atoms with Crippen molar-refractivity contribution in [3.8, 4) is 0 Å². The summed E-state index contributed by atoms with van der Waals surface area (Å²) in [5, 5.41) is 11.9. The van der Waals surface area contributed by atoms with Crippen molar-refractivity contribution in [1.82, 2.24) is 0 Å². The minimum Gasteiger partial charge on any atom is -0.458 e. The first kappa shape index (κ1) is 12.7. The zero-order valence-electron chi connectivity index (χ0n) is 11.8. The van der Waals surface area contributed by atoms with Gasteiger partial charge in [0.1, 0.15) is 17.4 Å². The summed E-state index contributed by atoms with van der Waals surface area (Å²) in [4.78, 5) is 0. The van der Waals surface area contributed by atoms with E-state index in [4.69, 9.17) is 4.42 Å². The third-order valence-electron chi connectivity index (χ3n) is 4.53. The fourth-order valence-electron chi connectivity index (χ4n) is 3.47. The highest BCUT2D eigenvalue weighted by Gasteiger charge is 2.29. The van der Waals surface area contributed by atoms with Crippen LogP contribution in [-0.2, 0) is 6.42 Å². The summed E-state index contributed by atoms with van der Waals surface area (Å²) >= 11 is 0. The molecule has 1 heterocycles. The average Bonchev–Trinajstić information content (AvgIpc) is 2.97. The largest absolute Gasteiger partial charge is 0.458 e. The summed E-state index contributed by atoms with van der Waals surface area (Å²) in [6.07, 6.45) is 2.67. The van der Waals surface area contributed by atoms with Gasteiger partial charge < -0.3 is 9.52 Å². The number of hydrogen-bond acceptors (Lipinski definition) is 2. The van der Waals surface area contributed by atoms with Gasteiger partial charge in [-0.25, -0.2) is 0 Å². The molecule has 0 radical (unpaired) electrons. The van der Waals surface area contributed by atoms with Gasteiger partial charge in [0, 0.05) is 11.3 Å². The van der Waals surface area contributed by atoms with Crippen LogP contribution in [0, 0.1) is 0 Å². The molecule has 2 unspecified atom stereocenters. The van der Waals surface area contributed by atoms with E-state index in [0.29, 0.717) is 5.76 Å². The van der Waals surface area contributed by atoms with Crippen LogP contribution in [0.5, 0.6) is 0 Å². The van der Waals surface area contributed by atoms with E-state index in [1.165, 1.54) is 11.1 Å². The average molecular weight is 278 g/mol. The highest BCUT2D eigenvalue weighted by molar-refractivity contribution is 5.77. The summed E-state index contributed by atoms with van der Waals surface area (Å²) < 4.78 is 5.85. The smallest absolute Gasteiger partial charge is 0.134 e. The predicted octanol–water partition coefficient (Wildman–Crippen LogP) is 4.59. The third-order valence-corrected chi connectivity index (χ3v) is 4.53. The van der Waals surface area contributed by atoms with Crippen molar-refractivity contribution in [2.75, 3.05) is 0 Å². The van der Waals surface area contributed by atoms with Gasteiger partial charge in [0.25, 0.3) is 0 Å². The number of rotatable bonds is 2. The van der Waals surface area contributed by atoms with Gasteiger partial charge in [-0.1, -0.05) is 42.5 Å². The van der Waals surface area contributed by atoms with Crippen LogP contribution in [0.15, 0.2) is 59.0 Å². The van der Waals surface area contributed by atoms with E-state index < -0.39 is 6.10 Å². The van der Waals surface area contributed by atoms with Gasteiger partial charge in [-0.3, -0.25) is 0 Å². The zero-order chi connectivity index (χ0) is 14.2. The van der Waals surface area contributed by atoms with Crippen molar-refractivity contribution in [3.63, 3.8) is 0 Å². The fraction of sp³-hybridized carbons (Fsp3) is 0.263. The highest BCUT2D eigenvalue weighted by atomic mass is 16.4. The van der Waals surface area contributed by atoms with Gasteiger partial charge in [-0.05, 0) is 42.5 Å². The maximum absolute atomic E-state index is 10.8. The van der Waals surface area contributed by atoms with Crippen molar-refractivity contribution >= 4 is 11.0 Å². The molecule has 0 bridgehead atoms. The molecule has 3 aromatic rings. The van der Waals surface area contributed by atoms with E-state index in [0.717, 1.165) is 30.2 Å². The zero-order valence-corrected chi connectivity index (χ0v) is 11.8. The fourth-order valence-corrected chi connectivity index (χ4v) is 3.47. The molecule has 106 valence electrons. The van der Waals surface area contributed by atoms with Gasteiger partial charge in [0.05, 0.1) is 0 Å². The van der Waals surface area contributed by atoms with E-state index in [2.05, 4.69) is 24.3 Å². The topological polar surface area (TPSA) is 33.4 Å². The molecule has 0 aliphatic heterocycles. The first-order chi connectivity index (χ1) is 10.3. The van der Waals surface area contributed by atoms with Crippen LogP contribution in [0.4, 0.5) is 0 Å². The molecule has 0 spiro atoms. The Morgan fingerprint density at radius 2 is 1.86 bits per heavy atom. The monoisotopic (exact) mass is 278 g/mol. The number of aliphatic hydroxyl groups excluding tert-OH is 1. The van der Waals surface area contributed by atoms with E-state index in [1.54, 1.807) is 0 Å². The van der Waals surface area contributed by atoms with Crippen LogP contribution in [0.25, 0.3) is 11.0 Å². The number of para-hydroxylation sites is 1. The van der Waals surface area contributed by atoms with Crippen LogP contribution in [-0.4, -0.2) is 5.11 Å². The van der Waals surface area contributed by atoms with Crippen LogP contribution in [0.2, 0.25) is 0 Å². The maximum atomic E-state index is 10.8. The lowest BCUT2D eigenvalue weighted by Crippen LogP contribution is -2.16. The van der Waals surface area contributed by atoms with Crippen LogP contribution >= 0.6 is 0 Å². The van der Waals surface area contributed by atoms with Crippen molar-refractivity contribution in [1.29, 1.82) is 0 Å². The Balaban J connectivity index is 1.73. The Kier molecular flexibility index (Phi) is 3.04. The van der Waals surface area contributed by atoms with Crippen molar-refractivity contribution in [2.24, 2.45) is 0 Å². The molecule has 0 saturated carbocycles. The highest BCUT2D eigenvalue weighted by Crippen LogP contribution is 2.41. The normalized spacial score (nSPS) is 19.4. The quantitative estimate of drug-likeness (QED) is 0.744. The minimum absolute atomic E-state index is 0.135. The summed E-state index contributed by atoms with van der Waals surface area (Å²) in [6.45, 7) is 0. The van der Waals surface area contributed by atoms with E-state index in [-0.39, 0.29) is 5.92 Å². The van der Waals surface area contributed by atoms with Gasteiger partial charge in [0.15, 0.2) is 0 Å². The SMILES string of the molecule is OC(c1cc2ccccc2o1)C1CCCc2ccccc21. The molecular weight excluding hydrogens is 260 g/mol. The van der Waals surface area contributed by atoms with Crippen LogP contribution in [0.1, 0.15) is 41.8 Å². The number of fused-ring (bicyclic) bond motifs is 2. The lowest BCUT2D eigenvalue weighted by atomic mass is 9.79. The Labute approximate surface area is 124 Å². The molecular formula is C19H18O2. The molecule has 0 fully saturated rings. The molecule has 1 aliphatic carbocycles. The summed E-state index contributed by atoms with van der Waals surface area (Å²) in [7, 11) is 0. The second-order valence-corrected chi connectivity index (χ2v) is 5.83. The summed E-state index contributed by atoms with van der Waals surface area (Å²) in [5.74, 6) is 0.813. The third kappa shape index (κ3) is 2.16. The van der Waals surface area contributed by atoms with E-state index >= 15 is 0 Å². The molecule has 0 amide bonds. The lowest BCUT2D eigenvalue weighted by Gasteiger charge is -2.28. The second kappa shape index (κ2) is 5.05. The van der Waals surface area contributed by atoms with Crippen LogP contribution < -0.4 is 0 Å². The maximum Gasteiger partial charge on any atom is 0.134 e. The molecule has 21 heavy (non-hydrogen) atoms. The van der Waals surface area contributed by atoms with E-state index in [9.17, 15) is 5.11 Å². The van der Waals surface area contributed by atoms with Crippen molar-refractivity contribution < 1.29 is 9.52 Å². The minimum atomic E-state index is -0.571. The molecule has 1 aliphatic rings. The first-order valence-corrected chi connectivity index (χ1v) is 7.57. The lowest BCUT2D eigenvalue weighted by molar-refractivity contribution is 0.114. The Hall–Kier alpha value is -2.06. The van der Waals surface area contributed by atoms with Crippen molar-refractivity contribution in [3.05, 3.63) is 71.5 Å². The Morgan fingerprint density at radius 3 is 2.76 bits per heavy atom. The molecule has 4 rings (SSSR count). The number of aryl methyl sites for hydroxylation is 1.